The van der Waals surface area contributed by atoms with Crippen molar-refractivity contribution < 1.29 is 9.47 Å². The van der Waals surface area contributed by atoms with Gasteiger partial charge in [0.1, 0.15) is 11.4 Å². The highest BCUT2D eigenvalue weighted by Crippen LogP contribution is 2.43. The van der Waals surface area contributed by atoms with Crippen LogP contribution in [0.25, 0.3) is 0 Å². The predicted octanol–water partition coefficient (Wildman–Crippen LogP) is 5.40. The molecule has 0 unspecified atom stereocenters. The van der Waals surface area contributed by atoms with E-state index in [0.29, 0.717) is 0 Å². The van der Waals surface area contributed by atoms with Gasteiger partial charge in [0.05, 0.1) is 0 Å². The van der Waals surface area contributed by atoms with Crippen LogP contribution in [0, 0.1) is 6.92 Å². The summed E-state index contributed by atoms with van der Waals surface area (Å²) in [7, 11) is 0. The van der Waals surface area contributed by atoms with Crippen molar-refractivity contribution in [1.82, 2.24) is 0 Å². The molecule has 21 heavy (non-hydrogen) atoms. The molecule has 0 aliphatic carbocycles. The summed E-state index contributed by atoms with van der Waals surface area (Å²) in [6.07, 6.45) is 0.918. The molecule has 1 aliphatic rings. The Morgan fingerprint density at radius 1 is 1.19 bits per heavy atom. The topological polar surface area (TPSA) is 18.5 Å². The van der Waals surface area contributed by atoms with E-state index in [1.54, 1.807) is 0 Å². The maximum absolute atomic E-state index is 6.10. The van der Waals surface area contributed by atoms with Gasteiger partial charge >= 0.3 is 0 Å². The van der Waals surface area contributed by atoms with Gasteiger partial charge in [-0.3, -0.25) is 0 Å². The molecule has 0 atom stereocenters. The van der Waals surface area contributed by atoms with Gasteiger partial charge in [0.25, 0.3) is 0 Å². The van der Waals surface area contributed by atoms with E-state index in [0.717, 1.165) is 34.6 Å². The highest BCUT2D eigenvalue weighted by atomic mass is 79.9. The first kappa shape index (κ1) is 14.5. The van der Waals surface area contributed by atoms with Crippen LogP contribution in [0.3, 0.4) is 0 Å². The number of aryl methyl sites for hydroxylation is 1. The Morgan fingerprint density at radius 3 is 2.71 bits per heavy atom. The fourth-order valence-corrected chi connectivity index (χ4v) is 3.04. The van der Waals surface area contributed by atoms with Gasteiger partial charge in [-0.05, 0) is 44.0 Å². The molecule has 0 saturated carbocycles. The van der Waals surface area contributed by atoms with Gasteiger partial charge in [0, 0.05) is 17.3 Å². The number of hydrogen-bond acceptors (Lipinski definition) is 2. The van der Waals surface area contributed by atoms with Crippen LogP contribution in [0.15, 0.2) is 36.4 Å². The van der Waals surface area contributed by atoms with Crippen molar-refractivity contribution in [3.05, 3.63) is 53.1 Å². The number of benzene rings is 2. The molecule has 110 valence electrons. The highest BCUT2D eigenvalue weighted by molar-refractivity contribution is 9.08. The molecular weight excluding hydrogens is 328 g/mol. The Morgan fingerprint density at radius 2 is 2.00 bits per heavy atom. The normalized spacial score (nSPS) is 15.4. The molecule has 3 heteroatoms. The lowest BCUT2D eigenvalue weighted by atomic mass is 10.0. The number of rotatable bonds is 3. The molecule has 0 amide bonds. The minimum absolute atomic E-state index is 0.156. The largest absolute Gasteiger partial charge is 0.483 e. The zero-order valence-electron chi connectivity index (χ0n) is 12.6. The van der Waals surface area contributed by atoms with Gasteiger partial charge in [-0.15, -0.1) is 0 Å². The van der Waals surface area contributed by atoms with E-state index in [4.69, 9.17) is 9.47 Å². The number of alkyl halides is 1. The van der Waals surface area contributed by atoms with Crippen molar-refractivity contribution in [1.29, 1.82) is 0 Å². The van der Waals surface area contributed by atoms with E-state index in [1.807, 2.05) is 18.2 Å². The Bertz CT molecular complexity index is 677. The molecular formula is C18H19BrO2. The van der Waals surface area contributed by atoms with E-state index in [9.17, 15) is 0 Å². The molecule has 2 nitrogen and oxygen atoms in total. The predicted molar refractivity (Wildman–Crippen MR) is 88.7 cm³/mol. The first-order valence-corrected chi connectivity index (χ1v) is 8.25. The van der Waals surface area contributed by atoms with Crippen LogP contribution in [0.4, 0.5) is 0 Å². The van der Waals surface area contributed by atoms with Gasteiger partial charge in [0.2, 0.25) is 0 Å². The van der Waals surface area contributed by atoms with Crippen LogP contribution in [-0.2, 0) is 11.8 Å². The Hall–Kier alpha value is -1.48. The lowest BCUT2D eigenvalue weighted by Crippen LogP contribution is -2.24. The number of halogens is 1. The molecule has 0 fully saturated rings. The summed E-state index contributed by atoms with van der Waals surface area (Å²) >= 11 is 3.48. The summed E-state index contributed by atoms with van der Waals surface area (Å²) in [6.45, 7) is 6.27. The Kier molecular flexibility index (Phi) is 3.70. The van der Waals surface area contributed by atoms with E-state index in [-0.39, 0.29) is 5.60 Å². The van der Waals surface area contributed by atoms with E-state index in [2.05, 4.69) is 54.9 Å². The smallest absolute Gasteiger partial charge is 0.169 e. The van der Waals surface area contributed by atoms with Gasteiger partial charge in [0.15, 0.2) is 11.5 Å². The van der Waals surface area contributed by atoms with Crippen LogP contribution >= 0.6 is 15.9 Å². The highest BCUT2D eigenvalue weighted by Gasteiger charge is 2.32. The van der Waals surface area contributed by atoms with Crippen LogP contribution in [0.5, 0.6) is 17.2 Å². The second kappa shape index (κ2) is 5.38. The van der Waals surface area contributed by atoms with Crippen LogP contribution < -0.4 is 9.47 Å². The van der Waals surface area contributed by atoms with Crippen molar-refractivity contribution in [2.24, 2.45) is 0 Å². The standard InChI is InChI=1S/C18H19BrO2/c1-12-9-13(11-19)7-8-15(12)20-16-6-4-5-14-10-18(2,3)21-17(14)16/h4-9H,10-11H2,1-3H3. The maximum atomic E-state index is 6.10. The Labute approximate surface area is 134 Å². The van der Waals surface area contributed by atoms with E-state index < -0.39 is 0 Å². The first-order valence-electron chi connectivity index (χ1n) is 7.13. The maximum Gasteiger partial charge on any atom is 0.169 e. The molecule has 1 aliphatic heterocycles. The quantitative estimate of drug-likeness (QED) is 0.693. The zero-order valence-corrected chi connectivity index (χ0v) is 14.2. The fourth-order valence-electron chi connectivity index (χ4n) is 2.70. The molecule has 0 spiro atoms. The average Bonchev–Trinajstić information content (AvgIpc) is 2.76. The molecule has 2 aromatic rings. The number of hydrogen-bond donors (Lipinski definition) is 0. The van der Waals surface area contributed by atoms with Crippen molar-refractivity contribution in [2.45, 2.75) is 38.1 Å². The zero-order chi connectivity index (χ0) is 15.0. The first-order chi connectivity index (χ1) is 9.98. The van der Waals surface area contributed by atoms with Gasteiger partial charge in [-0.25, -0.2) is 0 Å². The second-order valence-electron chi connectivity index (χ2n) is 6.12. The molecule has 2 aromatic carbocycles. The van der Waals surface area contributed by atoms with Crippen LogP contribution in [0.1, 0.15) is 30.5 Å². The molecule has 1 heterocycles. The summed E-state index contributed by atoms with van der Waals surface area (Å²) in [5, 5.41) is 0.853. The molecule has 0 aromatic heterocycles. The molecule has 3 rings (SSSR count). The lowest BCUT2D eigenvalue weighted by Gasteiger charge is -2.18. The van der Waals surface area contributed by atoms with E-state index in [1.165, 1.54) is 11.1 Å². The minimum Gasteiger partial charge on any atom is -0.483 e. The van der Waals surface area contributed by atoms with E-state index >= 15 is 0 Å². The third-order valence-corrected chi connectivity index (χ3v) is 4.32. The molecule has 0 N–H and O–H groups in total. The van der Waals surface area contributed by atoms with Crippen LogP contribution in [-0.4, -0.2) is 5.60 Å². The van der Waals surface area contributed by atoms with Crippen molar-refractivity contribution >= 4 is 15.9 Å². The number of fused-ring (bicyclic) bond motifs is 1. The number of para-hydroxylation sites is 1. The van der Waals surface area contributed by atoms with Crippen LogP contribution in [0.2, 0.25) is 0 Å². The molecule has 0 radical (unpaired) electrons. The van der Waals surface area contributed by atoms with Gasteiger partial charge in [-0.1, -0.05) is 40.2 Å². The van der Waals surface area contributed by atoms with Crippen molar-refractivity contribution in [2.75, 3.05) is 0 Å². The molecule has 0 bridgehead atoms. The third kappa shape index (κ3) is 2.93. The summed E-state index contributed by atoms with van der Waals surface area (Å²) in [5.74, 6) is 2.56. The SMILES string of the molecule is Cc1cc(CBr)ccc1Oc1cccc2c1OC(C)(C)C2. The van der Waals surface area contributed by atoms with Crippen molar-refractivity contribution in [3.63, 3.8) is 0 Å². The molecule has 0 saturated heterocycles. The van der Waals surface area contributed by atoms with Gasteiger partial charge < -0.3 is 9.47 Å². The summed E-state index contributed by atoms with van der Waals surface area (Å²) in [6, 6.07) is 12.3. The van der Waals surface area contributed by atoms with Crippen molar-refractivity contribution in [3.8, 4) is 17.2 Å². The second-order valence-corrected chi connectivity index (χ2v) is 6.68. The fraction of sp³-hybridized carbons (Fsp3) is 0.333. The van der Waals surface area contributed by atoms with Gasteiger partial charge in [-0.2, -0.15) is 0 Å². The monoisotopic (exact) mass is 346 g/mol. The Balaban J connectivity index is 1.92. The third-order valence-electron chi connectivity index (χ3n) is 3.67. The summed E-state index contributed by atoms with van der Waals surface area (Å²) in [4.78, 5) is 0. The minimum atomic E-state index is -0.156. The summed E-state index contributed by atoms with van der Waals surface area (Å²) in [5.41, 5.74) is 3.43. The summed E-state index contributed by atoms with van der Waals surface area (Å²) < 4.78 is 12.2. The number of ether oxygens (including phenoxy) is 2. The average molecular weight is 347 g/mol. The lowest BCUT2D eigenvalue weighted by molar-refractivity contribution is 0.135.